The van der Waals surface area contributed by atoms with Gasteiger partial charge in [-0.3, -0.25) is 9.59 Å². The first-order valence-electron chi connectivity index (χ1n) is 16.0. The lowest BCUT2D eigenvalue weighted by Gasteiger charge is -2.69. The number of benzene rings is 1. The molecule has 4 aliphatic carbocycles. The van der Waals surface area contributed by atoms with Crippen molar-refractivity contribution in [1.82, 2.24) is 0 Å². The number of aliphatic hydroxyl groups excluding tert-OH is 2. The third-order valence-electron chi connectivity index (χ3n) is 13.2. The van der Waals surface area contributed by atoms with Gasteiger partial charge >= 0.3 is 0 Å². The molecular formula is C36H50O6. The summed E-state index contributed by atoms with van der Waals surface area (Å²) in [6, 6.07) is 7.10. The molecule has 6 nitrogen and oxygen atoms in total. The summed E-state index contributed by atoms with van der Waals surface area (Å²) in [5.74, 6) is 0.0789. The standard InChI is InChI=1S/C36H50O6/c1-19(14-24(38)31-33(4,5)42-31)28-23-12-13-27-34(6)16-22(20-10-9-11-21(37)15-20)30(41)32(2,3)29(34)26(40)18-36(27,8)35(23,7)17-25(28)39/h9-11,15,19,22,24,26-27,29,31,37-38,40H,12-14,16-18H2,1-8H3/t19-,22-,24-,26-,27-,29+,31-,34+,35+,36+/m1/s1. The van der Waals surface area contributed by atoms with Crippen LogP contribution in [0.1, 0.15) is 105 Å². The number of phenols is 1. The van der Waals surface area contributed by atoms with E-state index in [1.165, 1.54) is 5.57 Å². The molecule has 4 fully saturated rings. The Kier molecular flexibility index (Phi) is 6.61. The maximum absolute atomic E-state index is 14.1. The molecule has 0 amide bonds. The van der Waals surface area contributed by atoms with E-state index in [1.807, 2.05) is 33.8 Å². The van der Waals surface area contributed by atoms with Crippen molar-refractivity contribution in [2.75, 3.05) is 0 Å². The Morgan fingerprint density at radius 2 is 1.71 bits per heavy atom. The van der Waals surface area contributed by atoms with Crippen LogP contribution >= 0.6 is 0 Å². The number of Topliss-reactive ketones (excluding diaryl/α,β-unsaturated/α-hetero) is 2. The van der Waals surface area contributed by atoms with Crippen molar-refractivity contribution in [2.45, 2.75) is 124 Å². The number of aromatic hydroxyl groups is 1. The Balaban J connectivity index is 1.38. The van der Waals surface area contributed by atoms with Crippen LogP contribution in [0.3, 0.4) is 0 Å². The first-order valence-corrected chi connectivity index (χ1v) is 16.0. The SMILES string of the molecule is C[C@H](C[C@@H](O)[C@H]1OC1(C)C)C1=C2CC[C@@H]3[C@]4(C)C[C@H](c5cccc(O)c5)C(=O)C(C)(C)[C@@H]4[C@H](O)C[C@]3(C)[C@@]2(C)CC1=O. The number of epoxide rings is 1. The summed E-state index contributed by atoms with van der Waals surface area (Å²) in [4.78, 5) is 27.9. The van der Waals surface area contributed by atoms with E-state index in [1.54, 1.807) is 18.2 Å². The summed E-state index contributed by atoms with van der Waals surface area (Å²) in [6.45, 7) is 16.9. The minimum Gasteiger partial charge on any atom is -0.508 e. The van der Waals surface area contributed by atoms with E-state index in [9.17, 15) is 24.9 Å². The van der Waals surface area contributed by atoms with Crippen LogP contribution in [0.25, 0.3) is 0 Å². The van der Waals surface area contributed by atoms with Crippen molar-refractivity contribution < 1.29 is 29.6 Å². The smallest absolute Gasteiger partial charge is 0.159 e. The van der Waals surface area contributed by atoms with Crippen molar-refractivity contribution >= 4 is 11.6 Å². The monoisotopic (exact) mass is 578 g/mol. The maximum Gasteiger partial charge on any atom is 0.159 e. The van der Waals surface area contributed by atoms with E-state index >= 15 is 0 Å². The number of carbonyl (C=O) groups is 2. The minimum absolute atomic E-state index is 0.0669. The topological polar surface area (TPSA) is 107 Å². The van der Waals surface area contributed by atoms with Crippen LogP contribution < -0.4 is 0 Å². The van der Waals surface area contributed by atoms with Crippen LogP contribution in [-0.4, -0.2) is 50.8 Å². The first-order chi connectivity index (χ1) is 19.4. The molecule has 0 bridgehead atoms. The number of hydrogen-bond acceptors (Lipinski definition) is 6. The van der Waals surface area contributed by atoms with Crippen LogP contribution in [0.15, 0.2) is 35.4 Å². The van der Waals surface area contributed by atoms with E-state index in [-0.39, 0.29) is 63.5 Å². The van der Waals surface area contributed by atoms with Crippen molar-refractivity contribution in [3.8, 4) is 5.75 Å². The summed E-state index contributed by atoms with van der Waals surface area (Å²) >= 11 is 0. The summed E-state index contributed by atoms with van der Waals surface area (Å²) in [5.41, 5.74) is 0.857. The van der Waals surface area contributed by atoms with Crippen LogP contribution in [0.5, 0.6) is 5.75 Å². The fraction of sp³-hybridized carbons (Fsp3) is 0.722. The Morgan fingerprint density at radius 3 is 2.33 bits per heavy atom. The predicted molar refractivity (Wildman–Crippen MR) is 161 cm³/mol. The number of carbonyl (C=O) groups excluding carboxylic acids is 2. The zero-order valence-electron chi connectivity index (χ0n) is 26.7. The molecule has 0 radical (unpaired) electrons. The van der Waals surface area contributed by atoms with Crippen LogP contribution in [0.2, 0.25) is 0 Å². The fourth-order valence-corrected chi connectivity index (χ4v) is 11.3. The van der Waals surface area contributed by atoms with Gasteiger partial charge in [0.25, 0.3) is 0 Å². The second-order valence-electron chi connectivity index (χ2n) is 16.4. The Morgan fingerprint density at radius 1 is 1.05 bits per heavy atom. The lowest BCUT2D eigenvalue weighted by atomic mass is 9.35. The number of ketones is 2. The van der Waals surface area contributed by atoms with Gasteiger partial charge in [-0.1, -0.05) is 59.2 Å². The largest absolute Gasteiger partial charge is 0.508 e. The second kappa shape index (κ2) is 9.25. The number of aliphatic hydroxyl groups is 2. The lowest BCUT2D eigenvalue weighted by Crippen LogP contribution is -2.67. The highest BCUT2D eigenvalue weighted by Gasteiger charge is 2.71. The molecule has 0 spiro atoms. The van der Waals surface area contributed by atoms with Crippen molar-refractivity contribution in [3.05, 3.63) is 41.0 Å². The molecule has 1 aromatic rings. The lowest BCUT2D eigenvalue weighted by molar-refractivity contribution is -0.219. The Labute approximate surface area is 250 Å². The van der Waals surface area contributed by atoms with Crippen molar-refractivity contribution in [2.24, 2.45) is 39.4 Å². The van der Waals surface area contributed by atoms with Gasteiger partial charge in [-0.25, -0.2) is 0 Å². The van der Waals surface area contributed by atoms with E-state index in [2.05, 4.69) is 27.7 Å². The van der Waals surface area contributed by atoms with Gasteiger partial charge in [-0.15, -0.1) is 0 Å². The third kappa shape index (κ3) is 4.00. The molecule has 1 heterocycles. The number of rotatable bonds is 5. The van der Waals surface area contributed by atoms with Crippen LogP contribution in [0.4, 0.5) is 0 Å². The average Bonchev–Trinajstić information content (AvgIpc) is 3.42. The molecule has 10 atom stereocenters. The quantitative estimate of drug-likeness (QED) is 0.364. The molecule has 3 N–H and O–H groups in total. The van der Waals surface area contributed by atoms with Gasteiger partial charge in [0, 0.05) is 29.1 Å². The molecule has 42 heavy (non-hydrogen) atoms. The maximum atomic E-state index is 14.1. The van der Waals surface area contributed by atoms with Gasteiger partial charge in [0.15, 0.2) is 5.78 Å². The average molecular weight is 579 g/mol. The highest BCUT2D eigenvalue weighted by atomic mass is 16.6. The van der Waals surface area contributed by atoms with E-state index in [4.69, 9.17) is 4.74 Å². The van der Waals surface area contributed by atoms with E-state index in [0.717, 1.165) is 24.0 Å². The van der Waals surface area contributed by atoms with Crippen LogP contribution in [-0.2, 0) is 14.3 Å². The normalized spacial score (nSPS) is 43.3. The number of fused-ring (bicyclic) bond motifs is 5. The van der Waals surface area contributed by atoms with E-state index < -0.39 is 23.0 Å². The van der Waals surface area contributed by atoms with Gasteiger partial charge in [-0.2, -0.15) is 0 Å². The van der Waals surface area contributed by atoms with Crippen molar-refractivity contribution in [1.29, 1.82) is 0 Å². The minimum atomic E-state index is -0.735. The second-order valence-corrected chi connectivity index (χ2v) is 16.4. The van der Waals surface area contributed by atoms with Gasteiger partial charge in [0.05, 0.1) is 17.8 Å². The van der Waals surface area contributed by atoms with E-state index in [0.29, 0.717) is 25.7 Å². The number of phenolic OH excluding ortho intramolecular Hbond substituents is 1. The first kappa shape index (κ1) is 30.0. The summed E-state index contributed by atoms with van der Waals surface area (Å²) in [6.07, 6.45) is 2.39. The number of allylic oxidation sites excluding steroid dienone is 2. The Bertz CT molecular complexity index is 1360. The highest BCUT2D eigenvalue weighted by Crippen LogP contribution is 2.74. The molecule has 5 aliphatic rings. The van der Waals surface area contributed by atoms with Crippen molar-refractivity contribution in [3.63, 3.8) is 0 Å². The van der Waals surface area contributed by atoms with Gasteiger partial charge in [0.2, 0.25) is 0 Å². The van der Waals surface area contributed by atoms with Crippen LogP contribution in [0, 0.1) is 39.4 Å². The molecule has 1 aliphatic heterocycles. The molecule has 6 heteroatoms. The van der Waals surface area contributed by atoms with Gasteiger partial charge in [-0.05, 0) is 91.9 Å². The Hall–Kier alpha value is -2.02. The van der Waals surface area contributed by atoms with Gasteiger partial charge < -0.3 is 20.1 Å². The molecule has 230 valence electrons. The fourth-order valence-electron chi connectivity index (χ4n) is 11.3. The zero-order valence-corrected chi connectivity index (χ0v) is 26.7. The zero-order chi connectivity index (χ0) is 30.8. The molecule has 0 aromatic heterocycles. The molecule has 1 aromatic carbocycles. The third-order valence-corrected chi connectivity index (χ3v) is 13.2. The summed E-state index contributed by atoms with van der Waals surface area (Å²) in [7, 11) is 0. The molecule has 0 unspecified atom stereocenters. The molecule has 3 saturated carbocycles. The molecule has 1 saturated heterocycles. The molecular weight excluding hydrogens is 528 g/mol. The molecule has 6 rings (SSSR count). The summed E-state index contributed by atoms with van der Waals surface area (Å²) in [5, 5.41) is 33.2. The number of hydrogen-bond donors (Lipinski definition) is 3. The summed E-state index contributed by atoms with van der Waals surface area (Å²) < 4.78 is 5.70. The van der Waals surface area contributed by atoms with Gasteiger partial charge in [0.1, 0.15) is 17.6 Å². The highest BCUT2D eigenvalue weighted by molar-refractivity contribution is 6.00. The predicted octanol–water partition coefficient (Wildman–Crippen LogP) is 6.12. The number of ether oxygens (including phenoxy) is 1.